The minimum absolute atomic E-state index is 0.0115. The third-order valence-corrected chi connectivity index (χ3v) is 4.38. The fraction of sp³-hybridized carbons (Fsp3) is 0.583. The minimum atomic E-state index is -5.08. The number of nitrogens with zero attached hydrogens (tertiary/aromatic N) is 1. The average molecular weight is 402 g/mol. The highest BCUT2D eigenvalue weighted by atomic mass is 32.2. The molecule has 0 aromatic heterocycles. The number of nitrogens with one attached hydrogen (secondary N) is 1. The summed E-state index contributed by atoms with van der Waals surface area (Å²) in [5.74, 6) is -4.63. The van der Waals surface area contributed by atoms with Crippen LogP contribution in [0.25, 0.3) is 0 Å². The molecular formula is C12H13F3N2O8S. The van der Waals surface area contributed by atoms with Gasteiger partial charge in [-0.15, -0.1) is 0 Å². The fourth-order valence-electron chi connectivity index (χ4n) is 3.00. The molecular weight excluding hydrogens is 389 g/mol. The molecule has 2 fully saturated rings. The third-order valence-electron chi connectivity index (χ3n) is 3.88. The summed E-state index contributed by atoms with van der Waals surface area (Å²) in [7, 11) is -3.82. The second-order valence-electron chi connectivity index (χ2n) is 5.72. The van der Waals surface area contributed by atoms with Crippen LogP contribution in [0.3, 0.4) is 0 Å². The zero-order valence-electron chi connectivity index (χ0n) is 13.0. The first-order valence-electron chi connectivity index (χ1n) is 6.96. The Balaban J connectivity index is 0.000000298. The van der Waals surface area contributed by atoms with Crippen LogP contribution in [0.15, 0.2) is 11.5 Å². The van der Waals surface area contributed by atoms with Crippen molar-refractivity contribution in [1.82, 2.24) is 10.2 Å². The summed E-state index contributed by atoms with van der Waals surface area (Å²) < 4.78 is 58.9. The molecule has 3 aliphatic rings. The van der Waals surface area contributed by atoms with Crippen molar-refractivity contribution in [2.75, 3.05) is 12.8 Å². The standard InChI is InChI=1S/C10H12N2O6S.C2HF3O2/c1-19(16,17)18-5-2-4-3-11-6-7(4)12(9(6)13)8(5)10(14)15;3-2(4,5)1(6)7/h4,6-7,11H,2-3H2,1H3,(H,14,15);(H,6,7)/t4-,6+,7-;/m1./s1. The van der Waals surface area contributed by atoms with E-state index in [1.807, 2.05) is 0 Å². The molecule has 0 radical (unpaired) electrons. The number of hydrogen-bond donors (Lipinski definition) is 3. The summed E-state index contributed by atoms with van der Waals surface area (Å²) >= 11 is 0. The monoisotopic (exact) mass is 402 g/mol. The number of carboxylic acid groups (broad SMARTS) is 2. The van der Waals surface area contributed by atoms with Gasteiger partial charge in [0.2, 0.25) is 5.91 Å². The smallest absolute Gasteiger partial charge is 0.476 e. The van der Waals surface area contributed by atoms with E-state index in [0.29, 0.717) is 6.54 Å². The molecule has 3 atom stereocenters. The first-order chi connectivity index (χ1) is 11.7. The van der Waals surface area contributed by atoms with Crippen LogP contribution in [0.2, 0.25) is 0 Å². The first-order valence-corrected chi connectivity index (χ1v) is 8.78. The van der Waals surface area contributed by atoms with Gasteiger partial charge in [0.1, 0.15) is 6.04 Å². The molecule has 3 heterocycles. The van der Waals surface area contributed by atoms with E-state index in [2.05, 4.69) is 5.32 Å². The number of amides is 1. The number of halogens is 3. The molecule has 3 aliphatic heterocycles. The minimum Gasteiger partial charge on any atom is -0.476 e. The Morgan fingerprint density at radius 3 is 2.27 bits per heavy atom. The van der Waals surface area contributed by atoms with Crippen LogP contribution in [0, 0.1) is 5.92 Å². The highest BCUT2D eigenvalue weighted by molar-refractivity contribution is 7.86. The summed E-state index contributed by atoms with van der Waals surface area (Å²) in [5, 5.41) is 19.3. The van der Waals surface area contributed by atoms with Crippen LogP contribution in [-0.4, -0.2) is 72.4 Å². The quantitative estimate of drug-likeness (QED) is 0.403. The fourth-order valence-corrected chi connectivity index (χ4v) is 3.51. The second kappa shape index (κ2) is 6.42. The van der Waals surface area contributed by atoms with E-state index < -0.39 is 28.2 Å². The van der Waals surface area contributed by atoms with Crippen molar-refractivity contribution in [2.24, 2.45) is 5.92 Å². The summed E-state index contributed by atoms with van der Waals surface area (Å²) in [5.41, 5.74) is -0.350. The van der Waals surface area contributed by atoms with Crippen LogP contribution in [0.4, 0.5) is 13.2 Å². The largest absolute Gasteiger partial charge is 0.490 e. The number of carboxylic acids is 2. The maximum atomic E-state index is 11.8. The topological polar surface area (TPSA) is 150 Å². The summed E-state index contributed by atoms with van der Waals surface area (Å²) in [4.78, 5) is 33.1. The van der Waals surface area contributed by atoms with E-state index in [4.69, 9.17) is 14.1 Å². The van der Waals surface area contributed by atoms with Crippen molar-refractivity contribution in [3.8, 4) is 0 Å². The Morgan fingerprint density at radius 1 is 1.31 bits per heavy atom. The maximum absolute atomic E-state index is 11.8. The molecule has 146 valence electrons. The lowest BCUT2D eigenvalue weighted by Crippen LogP contribution is -2.68. The van der Waals surface area contributed by atoms with E-state index in [0.717, 1.165) is 11.2 Å². The zero-order chi connectivity index (χ0) is 20.0. The Bertz CT molecular complexity index is 791. The second-order valence-corrected chi connectivity index (χ2v) is 7.29. The molecule has 0 aromatic rings. The van der Waals surface area contributed by atoms with Crippen molar-refractivity contribution in [3.63, 3.8) is 0 Å². The maximum Gasteiger partial charge on any atom is 0.490 e. The van der Waals surface area contributed by atoms with Gasteiger partial charge in [-0.3, -0.25) is 9.69 Å². The number of rotatable bonds is 3. The highest BCUT2D eigenvalue weighted by Crippen LogP contribution is 2.43. The number of allylic oxidation sites excluding steroid dienone is 1. The molecule has 1 amide bonds. The van der Waals surface area contributed by atoms with Gasteiger partial charge in [0.15, 0.2) is 11.5 Å². The van der Waals surface area contributed by atoms with E-state index in [1.165, 1.54) is 0 Å². The summed E-state index contributed by atoms with van der Waals surface area (Å²) in [6.07, 6.45) is -4.04. The highest BCUT2D eigenvalue weighted by Gasteiger charge is 2.60. The van der Waals surface area contributed by atoms with E-state index in [1.54, 1.807) is 0 Å². The van der Waals surface area contributed by atoms with Gasteiger partial charge in [-0.2, -0.15) is 21.6 Å². The number of carbonyl (C=O) groups is 3. The molecule has 0 spiro atoms. The predicted molar refractivity (Wildman–Crippen MR) is 74.8 cm³/mol. The molecule has 14 heteroatoms. The van der Waals surface area contributed by atoms with Crippen molar-refractivity contribution in [3.05, 3.63) is 11.5 Å². The van der Waals surface area contributed by atoms with E-state index >= 15 is 0 Å². The van der Waals surface area contributed by atoms with E-state index in [9.17, 15) is 36.3 Å². The number of β-lactam (4-membered cyclic amide) rings is 1. The number of alkyl halides is 3. The van der Waals surface area contributed by atoms with E-state index in [-0.39, 0.29) is 41.8 Å². The Morgan fingerprint density at radius 2 is 1.85 bits per heavy atom. The molecule has 0 aromatic carbocycles. The molecule has 3 N–H and O–H groups in total. The predicted octanol–water partition coefficient (Wildman–Crippen LogP) is -0.905. The Hall–Kier alpha value is -2.35. The lowest BCUT2D eigenvalue weighted by atomic mass is 9.82. The molecule has 3 rings (SSSR count). The Kier molecular flexibility index (Phi) is 4.93. The van der Waals surface area contributed by atoms with Gasteiger partial charge in [-0.1, -0.05) is 0 Å². The van der Waals surface area contributed by atoms with Crippen LogP contribution in [0.5, 0.6) is 0 Å². The van der Waals surface area contributed by atoms with Gasteiger partial charge in [0.25, 0.3) is 0 Å². The van der Waals surface area contributed by atoms with Gasteiger partial charge < -0.3 is 19.7 Å². The first kappa shape index (κ1) is 20.0. The van der Waals surface area contributed by atoms with Crippen LogP contribution in [-0.2, 0) is 28.7 Å². The lowest BCUT2D eigenvalue weighted by Gasteiger charge is -2.48. The molecule has 10 nitrogen and oxygen atoms in total. The van der Waals surface area contributed by atoms with Gasteiger partial charge in [-0.25, -0.2) is 9.59 Å². The number of aliphatic carboxylic acids is 2. The SMILES string of the molecule is CS(=O)(=O)OC1=C(C(=O)O)N2C(=O)[C@H]3NC[C@@H](C1)[C@H]32.O=C(O)C(F)(F)F. The summed E-state index contributed by atoms with van der Waals surface area (Å²) in [6.45, 7) is 0.543. The molecule has 0 unspecified atom stereocenters. The molecule has 0 aliphatic carbocycles. The van der Waals surface area contributed by atoms with Gasteiger partial charge in [0.05, 0.1) is 12.3 Å². The molecule has 2 saturated heterocycles. The number of carbonyl (C=O) groups excluding carboxylic acids is 1. The van der Waals surface area contributed by atoms with Crippen molar-refractivity contribution in [2.45, 2.75) is 24.7 Å². The van der Waals surface area contributed by atoms with Gasteiger partial charge >= 0.3 is 28.2 Å². The molecule has 0 saturated carbocycles. The van der Waals surface area contributed by atoms with Crippen LogP contribution >= 0.6 is 0 Å². The number of hydrogen-bond acceptors (Lipinski definition) is 7. The normalized spacial score (nSPS) is 27.2. The zero-order valence-corrected chi connectivity index (χ0v) is 13.8. The van der Waals surface area contributed by atoms with Crippen LogP contribution in [0.1, 0.15) is 6.42 Å². The third kappa shape index (κ3) is 3.75. The van der Waals surface area contributed by atoms with Gasteiger partial charge in [-0.05, 0) is 0 Å². The summed E-state index contributed by atoms with van der Waals surface area (Å²) in [6, 6.07) is -0.551. The molecule has 0 bridgehead atoms. The van der Waals surface area contributed by atoms with Crippen molar-refractivity contribution in [1.29, 1.82) is 0 Å². The Labute approximate surface area is 144 Å². The molecule has 26 heavy (non-hydrogen) atoms. The van der Waals surface area contributed by atoms with Gasteiger partial charge in [0, 0.05) is 18.9 Å². The lowest BCUT2D eigenvalue weighted by molar-refractivity contribution is -0.192. The van der Waals surface area contributed by atoms with Crippen molar-refractivity contribution >= 4 is 28.0 Å². The van der Waals surface area contributed by atoms with Crippen molar-refractivity contribution < 1.29 is 50.4 Å². The van der Waals surface area contributed by atoms with Crippen LogP contribution < -0.4 is 5.32 Å². The average Bonchev–Trinajstić information content (AvgIpc) is 2.84.